The van der Waals surface area contributed by atoms with Crippen LogP contribution in [0.4, 0.5) is 0 Å². The van der Waals surface area contributed by atoms with Crippen LogP contribution in [0.1, 0.15) is 36.6 Å². The molecule has 32 heavy (non-hydrogen) atoms. The quantitative estimate of drug-likeness (QED) is 0.387. The van der Waals surface area contributed by atoms with E-state index in [9.17, 15) is 14.7 Å². The maximum Gasteiger partial charge on any atom is 0.295 e. The minimum Gasteiger partial charge on any atom is -0.507 e. The number of aliphatic hydroxyl groups is 1. The minimum atomic E-state index is -0.695. The third-order valence-corrected chi connectivity index (χ3v) is 5.36. The molecule has 170 valence electrons. The van der Waals surface area contributed by atoms with Crippen molar-refractivity contribution in [3.8, 4) is 5.75 Å². The Balaban J connectivity index is 2.06. The third-order valence-electron chi connectivity index (χ3n) is 5.36. The number of hydrogen-bond acceptors (Lipinski definition) is 6. The van der Waals surface area contributed by atoms with Crippen molar-refractivity contribution in [1.82, 2.24) is 14.8 Å². The summed E-state index contributed by atoms with van der Waals surface area (Å²) in [6, 6.07) is 8.21. The summed E-state index contributed by atoms with van der Waals surface area (Å²) in [6.07, 6.45) is 3.26. The molecule has 0 saturated carbocycles. The minimum absolute atomic E-state index is 0.0840. The zero-order valence-electron chi connectivity index (χ0n) is 19.3. The summed E-state index contributed by atoms with van der Waals surface area (Å²) in [5, 5.41) is 11.2. The second kappa shape index (κ2) is 9.96. The first-order valence-electron chi connectivity index (χ1n) is 10.8. The number of benzene rings is 1. The van der Waals surface area contributed by atoms with Gasteiger partial charge in [-0.05, 0) is 62.3 Å². The predicted octanol–water partition coefficient (Wildman–Crippen LogP) is 3.41. The number of carbonyl (C=O) groups is 2. The Morgan fingerprint density at radius 2 is 2.00 bits per heavy atom. The number of pyridine rings is 1. The molecule has 1 atom stereocenters. The van der Waals surface area contributed by atoms with E-state index in [-0.39, 0.29) is 11.3 Å². The molecular formula is C25H31N3O4. The standard InChI is InChI=1S/C25H31N3O4/c1-16(2)15-32-19-8-9-20(17(3)13-19)23(29)21-22(18-7-6-10-26-14-18)28(12-11-27(4)5)25(31)24(21)30/h6-10,13-14,16,22,29H,11-12,15H2,1-5H3/b23-21+/t22-/m0/s1. The summed E-state index contributed by atoms with van der Waals surface area (Å²) >= 11 is 0. The number of aliphatic hydroxyl groups excluding tert-OH is 1. The molecule has 1 fully saturated rings. The van der Waals surface area contributed by atoms with Crippen LogP contribution in [0.3, 0.4) is 0 Å². The molecule has 3 rings (SSSR count). The molecule has 0 unspecified atom stereocenters. The molecule has 1 aromatic heterocycles. The molecule has 7 nitrogen and oxygen atoms in total. The second-order valence-electron chi connectivity index (χ2n) is 8.76. The van der Waals surface area contributed by atoms with Crippen molar-refractivity contribution >= 4 is 17.4 Å². The number of likely N-dealkylation sites (tertiary alicyclic amines) is 1. The fourth-order valence-electron chi connectivity index (χ4n) is 3.70. The normalized spacial score (nSPS) is 18.1. The van der Waals surface area contributed by atoms with Gasteiger partial charge in [0.25, 0.3) is 11.7 Å². The molecule has 1 saturated heterocycles. The van der Waals surface area contributed by atoms with Crippen molar-refractivity contribution in [3.63, 3.8) is 0 Å². The van der Waals surface area contributed by atoms with E-state index in [4.69, 9.17) is 4.74 Å². The molecule has 0 radical (unpaired) electrons. The Kier molecular flexibility index (Phi) is 7.30. The Labute approximate surface area is 189 Å². The van der Waals surface area contributed by atoms with Crippen molar-refractivity contribution in [1.29, 1.82) is 0 Å². The van der Waals surface area contributed by atoms with Gasteiger partial charge >= 0.3 is 0 Å². The molecule has 1 aromatic carbocycles. The maximum atomic E-state index is 13.0. The number of Topliss-reactive ketones (excluding diaryl/α,β-unsaturated/α-hetero) is 1. The first-order valence-corrected chi connectivity index (χ1v) is 10.8. The number of carbonyl (C=O) groups excluding carboxylic acids is 2. The first kappa shape index (κ1) is 23.5. The lowest BCUT2D eigenvalue weighted by Crippen LogP contribution is -2.35. The molecule has 1 amide bonds. The van der Waals surface area contributed by atoms with Crippen molar-refractivity contribution < 1.29 is 19.4 Å². The Morgan fingerprint density at radius 3 is 2.59 bits per heavy atom. The molecule has 1 N–H and O–H groups in total. The summed E-state index contributed by atoms with van der Waals surface area (Å²) < 4.78 is 5.77. The van der Waals surface area contributed by atoms with Gasteiger partial charge < -0.3 is 19.6 Å². The number of ether oxygens (including phenoxy) is 1. The lowest BCUT2D eigenvalue weighted by Gasteiger charge is -2.26. The van der Waals surface area contributed by atoms with Crippen molar-refractivity contribution in [2.75, 3.05) is 33.8 Å². The zero-order valence-corrected chi connectivity index (χ0v) is 19.3. The van der Waals surface area contributed by atoms with E-state index in [0.29, 0.717) is 42.5 Å². The molecule has 0 bridgehead atoms. The van der Waals surface area contributed by atoms with Gasteiger partial charge in [-0.2, -0.15) is 0 Å². The number of ketones is 1. The number of rotatable bonds is 8. The van der Waals surface area contributed by atoms with Crippen molar-refractivity contribution in [3.05, 3.63) is 65.0 Å². The summed E-state index contributed by atoms with van der Waals surface area (Å²) in [6.45, 7) is 7.52. The summed E-state index contributed by atoms with van der Waals surface area (Å²) in [5.74, 6) is -0.395. The highest BCUT2D eigenvalue weighted by Crippen LogP contribution is 2.39. The number of hydrogen-bond donors (Lipinski definition) is 1. The fraction of sp³-hybridized carbons (Fsp3) is 0.400. The third kappa shape index (κ3) is 4.99. The molecule has 0 spiro atoms. The number of likely N-dealkylation sites (N-methyl/N-ethyl adjacent to an activating group) is 1. The van der Waals surface area contributed by atoms with Gasteiger partial charge in [0, 0.05) is 31.0 Å². The van der Waals surface area contributed by atoms with Crippen LogP contribution in [0.25, 0.3) is 5.76 Å². The Morgan fingerprint density at radius 1 is 1.25 bits per heavy atom. The van der Waals surface area contributed by atoms with E-state index in [0.717, 1.165) is 5.56 Å². The summed E-state index contributed by atoms with van der Waals surface area (Å²) in [4.78, 5) is 33.6. The highest BCUT2D eigenvalue weighted by atomic mass is 16.5. The van der Waals surface area contributed by atoms with Gasteiger partial charge in [-0.15, -0.1) is 0 Å². The average Bonchev–Trinajstić information content (AvgIpc) is 3.01. The van der Waals surface area contributed by atoms with Crippen LogP contribution in [0.2, 0.25) is 0 Å². The molecule has 1 aliphatic heterocycles. The summed E-state index contributed by atoms with van der Waals surface area (Å²) in [5.41, 5.74) is 2.02. The largest absolute Gasteiger partial charge is 0.507 e. The van der Waals surface area contributed by atoms with Gasteiger partial charge in [0.2, 0.25) is 0 Å². The number of nitrogens with zero attached hydrogens (tertiary/aromatic N) is 3. The van der Waals surface area contributed by atoms with Crippen LogP contribution < -0.4 is 4.74 Å². The summed E-state index contributed by atoms with van der Waals surface area (Å²) in [7, 11) is 3.81. The lowest BCUT2D eigenvalue weighted by atomic mass is 9.94. The van der Waals surface area contributed by atoms with E-state index in [1.807, 2.05) is 38.1 Å². The van der Waals surface area contributed by atoms with Gasteiger partial charge in [0.05, 0.1) is 18.2 Å². The van der Waals surface area contributed by atoms with Crippen LogP contribution in [0.5, 0.6) is 5.75 Å². The second-order valence-corrected chi connectivity index (χ2v) is 8.76. The highest BCUT2D eigenvalue weighted by molar-refractivity contribution is 6.46. The number of aromatic nitrogens is 1. The van der Waals surface area contributed by atoms with E-state index in [1.54, 1.807) is 30.6 Å². The maximum absolute atomic E-state index is 13.0. The van der Waals surface area contributed by atoms with Crippen molar-refractivity contribution in [2.24, 2.45) is 5.92 Å². The van der Waals surface area contributed by atoms with Crippen LogP contribution in [-0.2, 0) is 9.59 Å². The molecule has 2 heterocycles. The molecule has 0 aliphatic carbocycles. The van der Waals surface area contributed by atoms with Gasteiger partial charge in [0.15, 0.2) is 0 Å². The predicted molar refractivity (Wildman–Crippen MR) is 123 cm³/mol. The lowest BCUT2D eigenvalue weighted by molar-refractivity contribution is -0.140. The fourth-order valence-corrected chi connectivity index (χ4v) is 3.70. The van der Waals surface area contributed by atoms with Gasteiger partial charge in [0.1, 0.15) is 11.5 Å². The molecule has 1 aliphatic rings. The van der Waals surface area contributed by atoms with Crippen LogP contribution >= 0.6 is 0 Å². The molecular weight excluding hydrogens is 406 g/mol. The topological polar surface area (TPSA) is 83.0 Å². The van der Waals surface area contributed by atoms with E-state index in [2.05, 4.69) is 18.8 Å². The van der Waals surface area contributed by atoms with Crippen molar-refractivity contribution in [2.45, 2.75) is 26.8 Å². The SMILES string of the molecule is Cc1cc(OCC(C)C)ccc1/C(O)=C1\C(=O)C(=O)N(CCN(C)C)[C@H]1c1cccnc1. The van der Waals surface area contributed by atoms with E-state index in [1.165, 1.54) is 4.90 Å². The van der Waals surface area contributed by atoms with Crippen LogP contribution in [0.15, 0.2) is 48.3 Å². The Hall–Kier alpha value is -3.19. The van der Waals surface area contributed by atoms with Crippen LogP contribution in [0, 0.1) is 12.8 Å². The first-order chi connectivity index (χ1) is 15.2. The number of amides is 1. The zero-order chi connectivity index (χ0) is 23.4. The smallest absolute Gasteiger partial charge is 0.295 e. The van der Waals surface area contributed by atoms with E-state index < -0.39 is 17.7 Å². The average molecular weight is 438 g/mol. The monoisotopic (exact) mass is 437 g/mol. The van der Waals surface area contributed by atoms with Gasteiger partial charge in [-0.25, -0.2) is 0 Å². The van der Waals surface area contributed by atoms with Gasteiger partial charge in [-0.1, -0.05) is 19.9 Å². The molecule has 7 heteroatoms. The highest BCUT2D eigenvalue weighted by Gasteiger charge is 2.46. The van der Waals surface area contributed by atoms with Gasteiger partial charge in [-0.3, -0.25) is 14.6 Å². The molecule has 2 aromatic rings. The Bertz CT molecular complexity index is 1020. The van der Waals surface area contributed by atoms with Crippen LogP contribution in [-0.4, -0.2) is 65.4 Å². The number of aryl methyl sites for hydroxylation is 1. The van der Waals surface area contributed by atoms with E-state index >= 15 is 0 Å².